The number of ether oxygens (including phenoxy) is 1. The van der Waals surface area contributed by atoms with Crippen LogP contribution in [0.15, 0.2) is 25.0 Å². The lowest BCUT2D eigenvalue weighted by Crippen LogP contribution is -2.19. The molecule has 3 nitrogen and oxygen atoms in total. The quantitative estimate of drug-likeness (QED) is 0.646. The summed E-state index contributed by atoms with van der Waals surface area (Å²) in [5.74, 6) is -0.450. The van der Waals surface area contributed by atoms with E-state index >= 15 is 0 Å². The molecule has 0 heterocycles. The van der Waals surface area contributed by atoms with Crippen molar-refractivity contribution in [3.8, 4) is 5.75 Å². The van der Waals surface area contributed by atoms with Gasteiger partial charge in [-0.15, -0.1) is 0 Å². The fourth-order valence-corrected chi connectivity index (χ4v) is 2.37. The first kappa shape index (κ1) is 18.3. The molecular formula is C19H28O3. The van der Waals surface area contributed by atoms with Crippen molar-refractivity contribution in [1.82, 2.24) is 0 Å². The van der Waals surface area contributed by atoms with Crippen LogP contribution in [0.2, 0.25) is 0 Å². The summed E-state index contributed by atoms with van der Waals surface area (Å²) < 4.78 is 4.90. The van der Waals surface area contributed by atoms with Gasteiger partial charge in [-0.3, -0.25) is 4.79 Å². The van der Waals surface area contributed by atoms with Crippen LogP contribution < -0.4 is 0 Å². The van der Waals surface area contributed by atoms with Crippen molar-refractivity contribution in [2.75, 3.05) is 0 Å². The Morgan fingerprint density at radius 2 is 1.55 bits per heavy atom. The molecule has 1 unspecified atom stereocenters. The summed E-state index contributed by atoms with van der Waals surface area (Å²) in [4.78, 5) is 12.0. The second-order valence-corrected chi connectivity index (χ2v) is 7.79. The lowest BCUT2D eigenvalue weighted by atomic mass is 9.77. The molecule has 3 heteroatoms. The number of rotatable bonds is 3. The number of carbonyl (C=O) groups is 1. The molecule has 0 aliphatic rings. The van der Waals surface area contributed by atoms with E-state index in [1.54, 1.807) is 6.92 Å². The van der Waals surface area contributed by atoms with E-state index in [1.807, 2.05) is 53.7 Å². The Morgan fingerprint density at radius 3 is 1.86 bits per heavy atom. The monoisotopic (exact) mass is 304 g/mol. The van der Waals surface area contributed by atoms with E-state index in [0.29, 0.717) is 5.75 Å². The van der Waals surface area contributed by atoms with Gasteiger partial charge in [-0.05, 0) is 34.4 Å². The number of phenolic OH excluding ortho intramolecular Hbond substituents is 1. The summed E-state index contributed by atoms with van der Waals surface area (Å²) in [5.41, 5.74) is 2.09. The predicted octanol–water partition coefficient (Wildman–Crippen LogP) is 4.78. The van der Waals surface area contributed by atoms with E-state index < -0.39 is 5.92 Å². The van der Waals surface area contributed by atoms with E-state index in [0.717, 1.165) is 23.0 Å². The Hall–Kier alpha value is -1.77. The molecule has 0 bridgehead atoms. The largest absolute Gasteiger partial charge is 0.507 e. The lowest BCUT2D eigenvalue weighted by molar-refractivity contribution is -0.139. The van der Waals surface area contributed by atoms with Crippen molar-refractivity contribution in [1.29, 1.82) is 0 Å². The van der Waals surface area contributed by atoms with Gasteiger partial charge in [0.05, 0.1) is 12.2 Å². The van der Waals surface area contributed by atoms with Crippen LogP contribution in [0, 0.1) is 0 Å². The van der Waals surface area contributed by atoms with Gasteiger partial charge in [-0.2, -0.15) is 0 Å². The Balaban J connectivity index is 3.54. The number of aromatic hydroxyl groups is 1. The van der Waals surface area contributed by atoms with Crippen molar-refractivity contribution in [2.24, 2.45) is 0 Å². The van der Waals surface area contributed by atoms with Gasteiger partial charge in [-0.1, -0.05) is 60.3 Å². The predicted molar refractivity (Wildman–Crippen MR) is 90.2 cm³/mol. The number of esters is 1. The third-order valence-corrected chi connectivity index (χ3v) is 3.80. The molecule has 1 rings (SSSR count). The topological polar surface area (TPSA) is 46.5 Å². The number of phenols is 1. The molecule has 0 aliphatic heterocycles. The minimum atomic E-state index is -0.416. The lowest BCUT2D eigenvalue weighted by Gasteiger charge is -2.29. The maximum Gasteiger partial charge on any atom is 0.317 e. The van der Waals surface area contributed by atoms with E-state index in [9.17, 15) is 9.90 Å². The average molecular weight is 304 g/mol. The minimum Gasteiger partial charge on any atom is -0.507 e. The molecule has 0 radical (unpaired) electrons. The van der Waals surface area contributed by atoms with Crippen LogP contribution >= 0.6 is 0 Å². The summed E-state index contributed by atoms with van der Waals surface area (Å²) in [6, 6.07) is 3.80. The van der Waals surface area contributed by atoms with Gasteiger partial charge in [0.2, 0.25) is 0 Å². The van der Waals surface area contributed by atoms with Crippen LogP contribution in [0.3, 0.4) is 0 Å². The molecule has 1 atom stereocenters. The maximum atomic E-state index is 12.0. The van der Waals surface area contributed by atoms with Crippen LogP contribution in [0.4, 0.5) is 0 Å². The van der Waals surface area contributed by atoms with Crippen molar-refractivity contribution >= 4 is 5.97 Å². The first-order valence-electron chi connectivity index (χ1n) is 7.59. The highest BCUT2D eigenvalue weighted by molar-refractivity contribution is 5.78. The Bertz CT molecular complexity index is 536. The van der Waals surface area contributed by atoms with Crippen molar-refractivity contribution in [3.63, 3.8) is 0 Å². The van der Waals surface area contributed by atoms with Gasteiger partial charge in [0.1, 0.15) is 5.75 Å². The molecule has 0 aliphatic carbocycles. The fraction of sp³-hybridized carbons (Fsp3) is 0.526. The zero-order chi connectivity index (χ0) is 17.3. The molecule has 0 saturated heterocycles. The Morgan fingerprint density at radius 1 is 1.14 bits per heavy atom. The molecule has 1 N–H and O–H groups in total. The second kappa shape index (κ2) is 6.15. The highest BCUT2D eigenvalue weighted by Crippen LogP contribution is 2.41. The third kappa shape index (κ3) is 3.90. The molecule has 0 fully saturated rings. The first-order valence-corrected chi connectivity index (χ1v) is 7.59. The van der Waals surface area contributed by atoms with E-state index in [2.05, 4.69) is 6.58 Å². The fourth-order valence-electron chi connectivity index (χ4n) is 2.37. The Kier molecular flexibility index (Phi) is 5.11. The maximum absolute atomic E-state index is 12.0. The molecule has 0 spiro atoms. The molecule has 0 amide bonds. The average Bonchev–Trinajstić information content (AvgIpc) is 2.35. The molecule has 0 aromatic heterocycles. The third-order valence-electron chi connectivity index (χ3n) is 3.80. The molecule has 22 heavy (non-hydrogen) atoms. The number of hydrogen-bond acceptors (Lipinski definition) is 3. The van der Waals surface area contributed by atoms with Gasteiger partial charge < -0.3 is 9.84 Å². The molecular weight excluding hydrogens is 276 g/mol. The highest BCUT2D eigenvalue weighted by atomic mass is 16.5. The summed E-state index contributed by atoms with van der Waals surface area (Å²) in [5, 5.41) is 10.7. The molecule has 1 aromatic rings. The summed E-state index contributed by atoms with van der Waals surface area (Å²) in [6.07, 6.45) is 1.15. The summed E-state index contributed by atoms with van der Waals surface area (Å²) in [6.45, 7) is 17.5. The van der Waals surface area contributed by atoms with Gasteiger partial charge in [0.25, 0.3) is 0 Å². The van der Waals surface area contributed by atoms with Crippen molar-refractivity contribution in [2.45, 2.75) is 65.2 Å². The molecule has 122 valence electrons. The van der Waals surface area contributed by atoms with Crippen LogP contribution in [0.25, 0.3) is 0 Å². The van der Waals surface area contributed by atoms with Crippen LogP contribution in [-0.4, -0.2) is 11.1 Å². The molecule has 1 aromatic carbocycles. The van der Waals surface area contributed by atoms with E-state index in [-0.39, 0.29) is 16.8 Å². The van der Waals surface area contributed by atoms with Crippen LogP contribution in [0.5, 0.6) is 5.75 Å². The zero-order valence-corrected chi connectivity index (χ0v) is 14.8. The Labute approximate surface area is 134 Å². The normalized spacial score (nSPS) is 13.6. The number of carbonyl (C=O) groups excluding carboxylic acids is 1. The van der Waals surface area contributed by atoms with E-state index in [1.165, 1.54) is 0 Å². The standard InChI is InChI=1S/C19H28O3/c1-9-22-17(21)12(2)13-10-14(18(3,4)5)16(20)15(11-13)19(6,7)8/h9-12,20H,1H2,2-8H3. The van der Waals surface area contributed by atoms with Gasteiger partial charge >= 0.3 is 5.97 Å². The van der Waals surface area contributed by atoms with Crippen LogP contribution in [-0.2, 0) is 20.4 Å². The van der Waals surface area contributed by atoms with Crippen LogP contribution in [0.1, 0.15) is 71.1 Å². The highest BCUT2D eigenvalue weighted by Gasteiger charge is 2.28. The van der Waals surface area contributed by atoms with E-state index in [4.69, 9.17) is 4.74 Å². The van der Waals surface area contributed by atoms with Gasteiger partial charge in [0.15, 0.2) is 0 Å². The number of benzene rings is 1. The summed E-state index contributed by atoms with van der Waals surface area (Å²) >= 11 is 0. The van der Waals surface area contributed by atoms with Crippen molar-refractivity contribution < 1.29 is 14.6 Å². The number of hydrogen-bond donors (Lipinski definition) is 1. The molecule has 0 saturated carbocycles. The second-order valence-electron chi connectivity index (χ2n) is 7.79. The minimum absolute atomic E-state index is 0.220. The van der Waals surface area contributed by atoms with Crippen molar-refractivity contribution in [3.05, 3.63) is 41.7 Å². The first-order chi connectivity index (χ1) is 9.89. The van der Waals surface area contributed by atoms with Gasteiger partial charge in [-0.25, -0.2) is 0 Å². The smallest absolute Gasteiger partial charge is 0.317 e. The van der Waals surface area contributed by atoms with Gasteiger partial charge in [0, 0.05) is 0 Å². The summed E-state index contributed by atoms with van der Waals surface area (Å²) in [7, 11) is 0. The SMILES string of the molecule is C=COC(=O)C(C)c1cc(C(C)(C)C)c(O)c(C(C)(C)C)c1. The zero-order valence-electron chi connectivity index (χ0n) is 14.8.